The summed E-state index contributed by atoms with van der Waals surface area (Å²) in [5, 5.41) is 19.3. The summed E-state index contributed by atoms with van der Waals surface area (Å²) in [7, 11) is 0. The molecule has 0 aliphatic carbocycles. The second-order valence-electron chi connectivity index (χ2n) is 9.37. The van der Waals surface area contributed by atoms with Crippen LogP contribution in [0.25, 0.3) is 0 Å². The number of likely N-dealkylation sites (tertiary alicyclic amines) is 1. The van der Waals surface area contributed by atoms with Gasteiger partial charge in [0.2, 0.25) is 0 Å². The molecule has 2 aromatic rings. The number of carboxylic acid groups (broad SMARTS) is 1. The van der Waals surface area contributed by atoms with Gasteiger partial charge in [-0.25, -0.2) is 8.78 Å². The Hall–Kier alpha value is -2.20. The fourth-order valence-corrected chi connectivity index (χ4v) is 4.09. The molecule has 0 unspecified atom stereocenters. The largest absolute Gasteiger partial charge is 0.480 e. The molecule has 34 heavy (non-hydrogen) atoms. The second-order valence-corrected chi connectivity index (χ2v) is 10.2. The van der Waals surface area contributed by atoms with Crippen LogP contribution in [0, 0.1) is 28.4 Å². The molecule has 2 atom stereocenters. The van der Waals surface area contributed by atoms with Crippen molar-refractivity contribution < 1.29 is 18.7 Å². The Balaban J connectivity index is 0.000000733. The molecule has 8 heteroatoms. The van der Waals surface area contributed by atoms with E-state index in [1.54, 1.807) is 0 Å². The molecule has 0 amide bonds. The van der Waals surface area contributed by atoms with Gasteiger partial charge in [-0.15, -0.1) is 0 Å². The van der Waals surface area contributed by atoms with Gasteiger partial charge >= 0.3 is 5.97 Å². The molecule has 1 heterocycles. The highest BCUT2D eigenvalue weighted by Crippen LogP contribution is 2.50. The predicted octanol–water partition coefficient (Wildman–Crippen LogP) is 7.64. The first-order valence-electron chi connectivity index (χ1n) is 11.1. The summed E-state index contributed by atoms with van der Waals surface area (Å²) in [5.74, 6) is -2.59. The fraction of sp³-hybridized carbons (Fsp3) is 0.462. The molecule has 1 fully saturated rings. The van der Waals surface area contributed by atoms with Crippen molar-refractivity contribution in [1.82, 2.24) is 4.90 Å². The van der Waals surface area contributed by atoms with Crippen LogP contribution in [0.4, 0.5) is 8.78 Å². The summed E-state index contributed by atoms with van der Waals surface area (Å²) in [5.41, 5.74) is -0.890. The Kier molecular flexibility index (Phi) is 11.0. The van der Waals surface area contributed by atoms with Gasteiger partial charge in [-0.3, -0.25) is 9.69 Å². The van der Waals surface area contributed by atoms with Crippen molar-refractivity contribution in [2.24, 2.45) is 5.41 Å². The van der Waals surface area contributed by atoms with E-state index in [1.165, 1.54) is 35.2 Å². The number of hydrogen-bond donors (Lipinski definition) is 1. The van der Waals surface area contributed by atoms with Gasteiger partial charge in [0, 0.05) is 22.7 Å². The third kappa shape index (κ3) is 7.40. The molecule has 0 bridgehead atoms. The highest BCUT2D eigenvalue weighted by Gasteiger charge is 2.52. The SMILES string of the molecule is CC.CC(C)(C)C.N#C[C@]1(c2ccc(Cl)cc2F)CCN(CC(=O)O)[C@@H]1c1cccc(Cl)c1F. The maximum absolute atomic E-state index is 14.8. The van der Waals surface area contributed by atoms with Gasteiger partial charge in [0.25, 0.3) is 0 Å². The first kappa shape index (κ1) is 29.8. The lowest BCUT2D eigenvalue weighted by Crippen LogP contribution is -2.38. The van der Waals surface area contributed by atoms with Crippen molar-refractivity contribution >= 4 is 29.2 Å². The van der Waals surface area contributed by atoms with Gasteiger partial charge in [-0.1, -0.05) is 82.9 Å². The number of benzene rings is 2. The molecular formula is C26H32Cl2F2N2O2. The number of rotatable bonds is 4. The first-order chi connectivity index (χ1) is 15.8. The topological polar surface area (TPSA) is 64.3 Å². The summed E-state index contributed by atoms with van der Waals surface area (Å²) in [6.07, 6.45) is 0.131. The summed E-state index contributed by atoms with van der Waals surface area (Å²) in [4.78, 5) is 12.7. The summed E-state index contributed by atoms with van der Waals surface area (Å²) < 4.78 is 29.5. The number of nitriles is 1. The Morgan fingerprint density at radius 1 is 1.21 bits per heavy atom. The Morgan fingerprint density at radius 2 is 1.79 bits per heavy atom. The van der Waals surface area contributed by atoms with Crippen molar-refractivity contribution in [3.63, 3.8) is 0 Å². The number of aliphatic carboxylic acids is 1. The monoisotopic (exact) mass is 512 g/mol. The highest BCUT2D eigenvalue weighted by atomic mass is 35.5. The number of halogens is 4. The molecule has 186 valence electrons. The van der Waals surface area contributed by atoms with Crippen LogP contribution in [0.3, 0.4) is 0 Å². The number of carboxylic acids is 1. The van der Waals surface area contributed by atoms with Crippen LogP contribution in [0.5, 0.6) is 0 Å². The fourth-order valence-electron chi connectivity index (χ4n) is 3.75. The maximum atomic E-state index is 14.8. The van der Waals surface area contributed by atoms with Crippen LogP contribution in [-0.2, 0) is 10.2 Å². The lowest BCUT2D eigenvalue weighted by molar-refractivity contribution is -0.138. The molecule has 2 aromatic carbocycles. The van der Waals surface area contributed by atoms with E-state index in [0.717, 1.165) is 6.07 Å². The number of carbonyl (C=O) groups is 1. The molecule has 0 radical (unpaired) electrons. The summed E-state index contributed by atoms with van der Waals surface area (Å²) in [6, 6.07) is 9.33. The van der Waals surface area contributed by atoms with Gasteiger partial charge in [-0.2, -0.15) is 5.26 Å². The van der Waals surface area contributed by atoms with Crippen molar-refractivity contribution in [3.8, 4) is 6.07 Å². The molecule has 1 aliphatic heterocycles. The Bertz CT molecular complexity index is 1030. The van der Waals surface area contributed by atoms with E-state index in [9.17, 15) is 23.9 Å². The van der Waals surface area contributed by atoms with Crippen LogP contribution in [0.15, 0.2) is 36.4 Å². The van der Waals surface area contributed by atoms with Crippen LogP contribution < -0.4 is 0 Å². The smallest absolute Gasteiger partial charge is 0.317 e. The van der Waals surface area contributed by atoms with Gasteiger partial charge in [0.05, 0.1) is 23.7 Å². The zero-order valence-corrected chi connectivity index (χ0v) is 21.9. The average Bonchev–Trinajstić information content (AvgIpc) is 3.08. The normalized spacial score (nSPS) is 19.9. The van der Waals surface area contributed by atoms with E-state index in [-0.39, 0.29) is 34.1 Å². The summed E-state index contributed by atoms with van der Waals surface area (Å²) in [6.45, 7) is 12.5. The van der Waals surface area contributed by atoms with E-state index in [1.807, 2.05) is 13.8 Å². The molecule has 4 nitrogen and oxygen atoms in total. The third-order valence-corrected chi connectivity index (χ3v) is 5.38. The lowest BCUT2D eigenvalue weighted by Gasteiger charge is -2.34. The quantitative estimate of drug-likeness (QED) is 0.456. The van der Waals surface area contributed by atoms with Crippen LogP contribution >= 0.6 is 23.2 Å². The van der Waals surface area contributed by atoms with Crippen LogP contribution in [0.2, 0.25) is 10.0 Å². The van der Waals surface area contributed by atoms with Crippen molar-refractivity contribution in [1.29, 1.82) is 5.26 Å². The highest BCUT2D eigenvalue weighted by molar-refractivity contribution is 6.31. The molecule has 1 aliphatic rings. The number of nitrogens with zero attached hydrogens (tertiary/aromatic N) is 2. The molecule has 0 spiro atoms. The minimum atomic E-state index is -1.49. The Labute approximate surface area is 211 Å². The van der Waals surface area contributed by atoms with Gasteiger partial charge in [0.15, 0.2) is 0 Å². The van der Waals surface area contributed by atoms with Crippen molar-refractivity contribution in [2.45, 2.75) is 59.4 Å². The van der Waals surface area contributed by atoms with E-state index >= 15 is 0 Å². The zero-order valence-electron chi connectivity index (χ0n) is 20.4. The molecule has 3 rings (SSSR count). The molecule has 0 saturated carbocycles. The molecular weight excluding hydrogens is 481 g/mol. The van der Waals surface area contributed by atoms with E-state index in [2.05, 4.69) is 33.8 Å². The molecule has 1 N–H and O–H groups in total. The van der Waals surface area contributed by atoms with Gasteiger partial charge in [-0.05, 0) is 30.0 Å². The Morgan fingerprint density at radius 3 is 2.29 bits per heavy atom. The molecule has 1 saturated heterocycles. The first-order valence-corrected chi connectivity index (χ1v) is 11.8. The second kappa shape index (κ2) is 12.5. The van der Waals surface area contributed by atoms with Crippen LogP contribution in [-0.4, -0.2) is 29.1 Å². The predicted molar refractivity (Wildman–Crippen MR) is 133 cm³/mol. The standard InChI is InChI=1S/C19H14Cl2F2N2O2.C5H12.C2H6/c20-11-4-5-13(15(22)8-11)19(10-24)6-7-25(9-16(26)27)18(19)12-2-1-3-14(21)17(12)23;1-5(2,3)4;1-2/h1-5,8,18H,6-7,9H2,(H,26,27);1-4H3;1-2H3/t18-,19+;;/m1../s1. The number of hydrogen-bond acceptors (Lipinski definition) is 3. The minimum Gasteiger partial charge on any atom is -0.480 e. The zero-order chi connectivity index (χ0) is 26.3. The van der Waals surface area contributed by atoms with E-state index < -0.39 is 35.6 Å². The average molecular weight is 513 g/mol. The van der Waals surface area contributed by atoms with E-state index in [0.29, 0.717) is 5.41 Å². The van der Waals surface area contributed by atoms with Crippen LogP contribution in [0.1, 0.15) is 65.1 Å². The van der Waals surface area contributed by atoms with Gasteiger partial charge < -0.3 is 5.11 Å². The lowest BCUT2D eigenvalue weighted by atomic mass is 9.72. The summed E-state index contributed by atoms with van der Waals surface area (Å²) >= 11 is 11.7. The minimum absolute atomic E-state index is 0.0478. The maximum Gasteiger partial charge on any atom is 0.317 e. The van der Waals surface area contributed by atoms with E-state index in [4.69, 9.17) is 23.2 Å². The van der Waals surface area contributed by atoms with Crippen molar-refractivity contribution in [2.75, 3.05) is 13.1 Å². The van der Waals surface area contributed by atoms with Gasteiger partial charge in [0.1, 0.15) is 17.0 Å². The molecule has 0 aromatic heterocycles. The third-order valence-electron chi connectivity index (χ3n) is 4.85. The van der Waals surface area contributed by atoms with Crippen molar-refractivity contribution in [3.05, 3.63) is 69.2 Å².